The van der Waals surface area contributed by atoms with E-state index in [0.29, 0.717) is 6.04 Å². The van der Waals surface area contributed by atoms with Gasteiger partial charge < -0.3 is 10.6 Å². The van der Waals surface area contributed by atoms with Crippen LogP contribution in [0.5, 0.6) is 0 Å². The first-order chi connectivity index (χ1) is 7.29. The van der Waals surface area contributed by atoms with Gasteiger partial charge in [0.25, 0.3) is 0 Å². The number of halogens is 1. The number of fused-ring (bicyclic) bond motifs is 1. The minimum Gasteiger partial charge on any atom is -0.382 e. The molecule has 1 aliphatic heterocycles. The second kappa shape index (κ2) is 4.84. The van der Waals surface area contributed by atoms with E-state index in [1.165, 1.54) is 12.8 Å². The maximum Gasteiger partial charge on any atom is 0.149 e. The first-order valence-corrected chi connectivity index (χ1v) is 6.25. The third-order valence-electron chi connectivity index (χ3n) is 2.64. The van der Waals surface area contributed by atoms with Gasteiger partial charge in [0.05, 0.1) is 5.69 Å². The van der Waals surface area contributed by atoms with E-state index >= 15 is 0 Å². The van der Waals surface area contributed by atoms with Gasteiger partial charge in [-0.25, -0.2) is 4.98 Å². The molecule has 0 saturated carbocycles. The fourth-order valence-corrected chi connectivity index (χ4v) is 2.23. The summed E-state index contributed by atoms with van der Waals surface area (Å²) in [5.74, 6) is 0.981. The fourth-order valence-electron chi connectivity index (χ4n) is 1.90. The topological polar surface area (TPSA) is 37.0 Å². The molecular formula is C11H16BrN3. The molecule has 0 aromatic carbocycles. The van der Waals surface area contributed by atoms with Gasteiger partial charge in [-0.2, -0.15) is 0 Å². The van der Waals surface area contributed by atoms with E-state index in [9.17, 15) is 0 Å². The molecule has 0 amide bonds. The Balaban J connectivity index is 2.18. The number of rotatable bonds is 2. The Kier molecular flexibility index (Phi) is 3.46. The van der Waals surface area contributed by atoms with Gasteiger partial charge in [0.1, 0.15) is 5.82 Å². The summed E-state index contributed by atoms with van der Waals surface area (Å²) in [6, 6.07) is 2.63. The van der Waals surface area contributed by atoms with Gasteiger partial charge in [0, 0.05) is 23.3 Å². The van der Waals surface area contributed by atoms with Crippen LogP contribution in [0.2, 0.25) is 0 Å². The zero-order chi connectivity index (χ0) is 10.7. The van der Waals surface area contributed by atoms with Crippen LogP contribution in [0.4, 0.5) is 11.5 Å². The molecule has 15 heavy (non-hydrogen) atoms. The van der Waals surface area contributed by atoms with Gasteiger partial charge in [-0.15, -0.1) is 0 Å². The highest BCUT2D eigenvalue weighted by Gasteiger charge is 2.15. The number of aromatic nitrogens is 1. The van der Waals surface area contributed by atoms with Crippen LogP contribution in [0.25, 0.3) is 0 Å². The highest BCUT2D eigenvalue weighted by molar-refractivity contribution is 9.10. The largest absolute Gasteiger partial charge is 0.382 e. The van der Waals surface area contributed by atoms with Crippen LogP contribution in [0.3, 0.4) is 0 Å². The van der Waals surface area contributed by atoms with Crippen molar-refractivity contribution in [2.75, 3.05) is 17.2 Å². The van der Waals surface area contributed by atoms with Crippen LogP contribution in [0.15, 0.2) is 16.7 Å². The second-order valence-corrected chi connectivity index (χ2v) is 4.81. The van der Waals surface area contributed by atoms with Crippen LogP contribution >= 0.6 is 15.9 Å². The van der Waals surface area contributed by atoms with Gasteiger partial charge in [-0.3, -0.25) is 0 Å². The number of hydrogen-bond donors (Lipinski definition) is 2. The predicted octanol–water partition coefficient (Wildman–Crippen LogP) is 3.24. The SMILES string of the molecule is CCCC1CCNc2cc(Br)cnc2N1. The molecule has 2 heterocycles. The first kappa shape index (κ1) is 10.7. The summed E-state index contributed by atoms with van der Waals surface area (Å²) in [5.41, 5.74) is 1.10. The maximum absolute atomic E-state index is 4.39. The normalized spacial score (nSPS) is 19.7. The van der Waals surface area contributed by atoms with Gasteiger partial charge in [0.2, 0.25) is 0 Å². The van der Waals surface area contributed by atoms with Gasteiger partial charge >= 0.3 is 0 Å². The molecule has 1 unspecified atom stereocenters. The molecule has 1 atom stereocenters. The molecule has 2 rings (SSSR count). The molecule has 0 fully saturated rings. The lowest BCUT2D eigenvalue weighted by atomic mass is 10.1. The summed E-state index contributed by atoms with van der Waals surface area (Å²) in [4.78, 5) is 4.39. The number of nitrogens with zero attached hydrogens (tertiary/aromatic N) is 1. The third-order valence-corrected chi connectivity index (χ3v) is 3.07. The molecule has 4 heteroatoms. The molecule has 0 spiro atoms. The van der Waals surface area contributed by atoms with E-state index in [1.807, 2.05) is 6.20 Å². The van der Waals surface area contributed by atoms with Crippen LogP contribution in [-0.4, -0.2) is 17.6 Å². The summed E-state index contributed by atoms with van der Waals surface area (Å²) < 4.78 is 1.02. The van der Waals surface area contributed by atoms with Crippen molar-refractivity contribution in [1.82, 2.24) is 4.98 Å². The Labute approximate surface area is 98.8 Å². The highest BCUT2D eigenvalue weighted by atomic mass is 79.9. The van der Waals surface area contributed by atoms with Gasteiger partial charge in [-0.05, 0) is 34.8 Å². The van der Waals surface area contributed by atoms with Crippen molar-refractivity contribution in [1.29, 1.82) is 0 Å². The molecule has 1 aromatic heterocycles. The molecular weight excluding hydrogens is 254 g/mol. The highest BCUT2D eigenvalue weighted by Crippen LogP contribution is 2.27. The maximum atomic E-state index is 4.39. The summed E-state index contributed by atoms with van der Waals surface area (Å²) >= 11 is 3.43. The Bertz CT molecular complexity index is 341. The number of nitrogens with one attached hydrogen (secondary N) is 2. The van der Waals surface area contributed by atoms with E-state index < -0.39 is 0 Å². The number of anilines is 2. The lowest BCUT2D eigenvalue weighted by molar-refractivity contribution is 0.614. The Morgan fingerprint density at radius 2 is 2.47 bits per heavy atom. The molecule has 0 saturated heterocycles. The van der Waals surface area contributed by atoms with Crippen molar-refractivity contribution >= 4 is 27.4 Å². The molecule has 2 N–H and O–H groups in total. The molecule has 0 bridgehead atoms. The van der Waals surface area contributed by atoms with Crippen LogP contribution in [0, 0.1) is 0 Å². The van der Waals surface area contributed by atoms with E-state index in [2.05, 4.69) is 44.5 Å². The number of hydrogen-bond acceptors (Lipinski definition) is 3. The molecule has 0 radical (unpaired) electrons. The molecule has 3 nitrogen and oxygen atoms in total. The fraction of sp³-hybridized carbons (Fsp3) is 0.545. The van der Waals surface area contributed by atoms with Crippen molar-refractivity contribution in [3.05, 3.63) is 16.7 Å². The standard InChI is InChI=1S/C11H16BrN3/c1-2-3-9-4-5-13-10-6-8(12)7-14-11(10)15-9/h6-7,9,13H,2-5H2,1H3,(H,14,15). The Morgan fingerprint density at radius 3 is 3.27 bits per heavy atom. The van der Waals surface area contributed by atoms with Crippen LogP contribution < -0.4 is 10.6 Å². The van der Waals surface area contributed by atoms with Crippen molar-refractivity contribution in [2.24, 2.45) is 0 Å². The monoisotopic (exact) mass is 269 g/mol. The van der Waals surface area contributed by atoms with Crippen molar-refractivity contribution < 1.29 is 0 Å². The quantitative estimate of drug-likeness (QED) is 0.866. The van der Waals surface area contributed by atoms with Crippen LogP contribution in [-0.2, 0) is 0 Å². The first-order valence-electron chi connectivity index (χ1n) is 5.45. The van der Waals surface area contributed by atoms with E-state index in [0.717, 1.165) is 28.9 Å². The average molecular weight is 270 g/mol. The van der Waals surface area contributed by atoms with E-state index in [-0.39, 0.29) is 0 Å². The second-order valence-electron chi connectivity index (χ2n) is 3.90. The van der Waals surface area contributed by atoms with Gasteiger partial charge in [0.15, 0.2) is 0 Å². The minimum absolute atomic E-state index is 0.553. The van der Waals surface area contributed by atoms with Crippen molar-refractivity contribution in [3.8, 4) is 0 Å². The predicted molar refractivity (Wildman–Crippen MR) is 67.4 cm³/mol. The Hall–Kier alpha value is -0.770. The zero-order valence-corrected chi connectivity index (χ0v) is 10.5. The van der Waals surface area contributed by atoms with Crippen molar-refractivity contribution in [2.45, 2.75) is 32.2 Å². The summed E-state index contributed by atoms with van der Waals surface area (Å²) in [6.45, 7) is 3.23. The number of pyridine rings is 1. The van der Waals surface area contributed by atoms with E-state index in [4.69, 9.17) is 0 Å². The average Bonchev–Trinajstić information content (AvgIpc) is 2.40. The summed E-state index contributed by atoms with van der Waals surface area (Å²) in [6.07, 6.45) is 5.41. The Morgan fingerprint density at radius 1 is 1.60 bits per heavy atom. The van der Waals surface area contributed by atoms with E-state index in [1.54, 1.807) is 0 Å². The lowest BCUT2D eigenvalue weighted by Gasteiger charge is -2.15. The summed E-state index contributed by atoms with van der Waals surface area (Å²) in [5, 5.41) is 6.89. The zero-order valence-electron chi connectivity index (χ0n) is 8.89. The smallest absolute Gasteiger partial charge is 0.149 e. The third kappa shape index (κ3) is 2.62. The lowest BCUT2D eigenvalue weighted by Crippen LogP contribution is -2.19. The molecule has 0 aliphatic carbocycles. The molecule has 1 aliphatic rings. The molecule has 1 aromatic rings. The minimum atomic E-state index is 0.553. The summed E-state index contributed by atoms with van der Waals surface area (Å²) in [7, 11) is 0. The van der Waals surface area contributed by atoms with Gasteiger partial charge in [-0.1, -0.05) is 13.3 Å². The molecule has 82 valence electrons. The van der Waals surface area contributed by atoms with Crippen LogP contribution in [0.1, 0.15) is 26.2 Å². The van der Waals surface area contributed by atoms with Crippen molar-refractivity contribution in [3.63, 3.8) is 0 Å².